The van der Waals surface area contributed by atoms with E-state index in [1.165, 1.54) is 4.88 Å². The van der Waals surface area contributed by atoms with Gasteiger partial charge in [-0.15, -0.1) is 11.3 Å². The van der Waals surface area contributed by atoms with Crippen molar-refractivity contribution in [2.75, 3.05) is 0 Å². The van der Waals surface area contributed by atoms with Gasteiger partial charge in [0.2, 0.25) is 0 Å². The minimum atomic E-state index is -0.474. The first kappa shape index (κ1) is 23.5. The van der Waals surface area contributed by atoms with Gasteiger partial charge in [-0.25, -0.2) is 0 Å². The Morgan fingerprint density at radius 3 is 2.73 bits per heavy atom. The molecule has 1 unspecified atom stereocenters. The quantitative estimate of drug-likeness (QED) is 0.413. The molecule has 0 spiro atoms. The summed E-state index contributed by atoms with van der Waals surface area (Å²) in [5.41, 5.74) is -0.0513. The van der Waals surface area contributed by atoms with E-state index < -0.39 is 12.2 Å². The van der Waals surface area contributed by atoms with E-state index in [9.17, 15) is 15.5 Å². The normalized spacial score (nSPS) is 29.3. The Labute approximate surface area is 190 Å². The number of allylic oxidation sites excluding steroid dienone is 2. The summed E-state index contributed by atoms with van der Waals surface area (Å²) < 4.78 is 0.801. The monoisotopic (exact) mass is 447 g/mol. The average molecular weight is 448 g/mol. The maximum Gasteiger partial charge on any atom is 0.0931 e. The number of nitrogens with zero attached hydrogens (tertiary/aromatic N) is 1. The molecule has 0 bridgehead atoms. The molecule has 3 nitrogen and oxygen atoms in total. The van der Waals surface area contributed by atoms with Crippen molar-refractivity contribution < 1.29 is 10.2 Å². The molecule has 0 saturated heterocycles. The van der Waals surface area contributed by atoms with Crippen LogP contribution in [0.25, 0.3) is 0 Å². The highest BCUT2D eigenvalue weighted by Crippen LogP contribution is 2.49. The molecule has 0 aromatic carbocycles. The van der Waals surface area contributed by atoms with Crippen molar-refractivity contribution in [2.24, 2.45) is 23.2 Å². The number of aliphatic hydroxyl groups is 2. The zero-order valence-electron chi connectivity index (χ0n) is 17.8. The molecule has 1 heterocycles. The van der Waals surface area contributed by atoms with Gasteiger partial charge in [-0.2, -0.15) is 5.26 Å². The first-order valence-corrected chi connectivity index (χ1v) is 12.5. The third kappa shape index (κ3) is 5.56. The van der Waals surface area contributed by atoms with Crippen molar-refractivity contribution >= 4 is 22.9 Å². The highest BCUT2D eigenvalue weighted by Gasteiger charge is 2.43. The standard InChI is InChI=1S/C25H34ClNO2S/c1-2-3-4-5-8-20-18(17-27)15-22(28)21(20)9-6-10-23(29)25(13-7-14-25)16-19-11-12-24(26)30-19/h4-6,9,11-12,18,20-23,28-29H,2-3,7-8,10,13-16H2,1H3/b5-4-,9-6+/t18-,20-,21+,22+,23?/m0/s1. The fourth-order valence-corrected chi connectivity index (χ4v) is 6.33. The van der Waals surface area contributed by atoms with Crippen molar-refractivity contribution in [1.29, 1.82) is 5.26 Å². The fourth-order valence-electron chi connectivity index (χ4n) is 5.09. The molecule has 0 aliphatic heterocycles. The summed E-state index contributed by atoms with van der Waals surface area (Å²) in [6, 6.07) is 6.41. The molecule has 2 N–H and O–H groups in total. The van der Waals surface area contributed by atoms with Crippen molar-refractivity contribution in [3.8, 4) is 6.07 Å². The molecular formula is C25H34ClNO2S. The minimum absolute atomic E-state index is 0.0124. The summed E-state index contributed by atoms with van der Waals surface area (Å²) in [5, 5.41) is 31.0. The van der Waals surface area contributed by atoms with E-state index in [1.807, 2.05) is 12.1 Å². The van der Waals surface area contributed by atoms with Crippen molar-refractivity contribution in [3.63, 3.8) is 0 Å². The molecule has 30 heavy (non-hydrogen) atoms. The van der Waals surface area contributed by atoms with Crippen LogP contribution >= 0.6 is 22.9 Å². The molecule has 5 atom stereocenters. The van der Waals surface area contributed by atoms with Gasteiger partial charge in [0.1, 0.15) is 0 Å². The first-order chi connectivity index (χ1) is 14.5. The SMILES string of the molecule is CCC/C=C\C[C@@H]1[C@@H](/C=C/CC(O)C2(Cc3ccc(Cl)s3)CCC2)[C@H](O)C[C@H]1C#N. The molecule has 2 fully saturated rings. The topological polar surface area (TPSA) is 64.2 Å². The molecule has 2 aliphatic carbocycles. The lowest BCUT2D eigenvalue weighted by Crippen LogP contribution is -2.42. The highest BCUT2D eigenvalue weighted by atomic mass is 35.5. The zero-order chi connectivity index (χ0) is 21.6. The third-order valence-electron chi connectivity index (χ3n) is 7.08. The van der Waals surface area contributed by atoms with Gasteiger partial charge in [0.05, 0.1) is 28.5 Å². The summed E-state index contributed by atoms with van der Waals surface area (Å²) >= 11 is 7.69. The number of thiophene rings is 1. The van der Waals surface area contributed by atoms with Gasteiger partial charge in [0, 0.05) is 16.2 Å². The third-order valence-corrected chi connectivity index (χ3v) is 8.31. The molecular weight excluding hydrogens is 414 g/mol. The Morgan fingerprint density at radius 1 is 1.33 bits per heavy atom. The summed E-state index contributed by atoms with van der Waals surface area (Å²) in [4.78, 5) is 1.24. The Morgan fingerprint density at radius 2 is 2.13 bits per heavy atom. The number of nitriles is 1. The smallest absolute Gasteiger partial charge is 0.0931 e. The van der Waals surface area contributed by atoms with Gasteiger partial charge in [-0.1, -0.05) is 55.7 Å². The lowest BCUT2D eigenvalue weighted by atomic mass is 9.62. The Hall–Kier alpha value is -1.12. The van der Waals surface area contributed by atoms with E-state index in [4.69, 9.17) is 11.6 Å². The fraction of sp³-hybridized carbons (Fsp3) is 0.640. The molecule has 1 aromatic rings. The molecule has 3 rings (SSSR count). The van der Waals surface area contributed by atoms with Crippen LogP contribution in [0.4, 0.5) is 0 Å². The Bertz CT molecular complexity index is 776. The lowest BCUT2D eigenvalue weighted by molar-refractivity contribution is -0.0319. The van der Waals surface area contributed by atoms with E-state index in [-0.39, 0.29) is 23.2 Å². The zero-order valence-corrected chi connectivity index (χ0v) is 19.4. The number of unbranched alkanes of at least 4 members (excludes halogenated alkanes) is 1. The Balaban J connectivity index is 1.61. The number of halogens is 1. The first-order valence-electron chi connectivity index (χ1n) is 11.3. The highest BCUT2D eigenvalue weighted by molar-refractivity contribution is 7.16. The van der Waals surface area contributed by atoms with Gasteiger partial charge in [0.15, 0.2) is 0 Å². The second-order valence-corrected chi connectivity index (χ2v) is 10.9. The summed E-state index contributed by atoms with van der Waals surface area (Å²) in [6.07, 6.45) is 15.9. The molecule has 2 saturated carbocycles. The second kappa shape index (κ2) is 11.0. The lowest BCUT2D eigenvalue weighted by Gasteiger charge is -2.45. The Kier molecular flexibility index (Phi) is 8.60. The summed E-state index contributed by atoms with van der Waals surface area (Å²) in [6.45, 7) is 2.15. The molecule has 1 aromatic heterocycles. The van der Waals surface area contributed by atoms with Crippen LogP contribution in [0.2, 0.25) is 4.34 Å². The van der Waals surface area contributed by atoms with E-state index in [0.717, 1.165) is 49.3 Å². The molecule has 164 valence electrons. The molecule has 0 amide bonds. The maximum atomic E-state index is 11.0. The van der Waals surface area contributed by atoms with Crippen LogP contribution in [0.3, 0.4) is 0 Å². The largest absolute Gasteiger partial charge is 0.392 e. The average Bonchev–Trinajstić information content (AvgIpc) is 3.24. The van der Waals surface area contributed by atoms with Crippen LogP contribution in [0, 0.1) is 34.5 Å². The van der Waals surface area contributed by atoms with Crippen molar-refractivity contribution in [1.82, 2.24) is 0 Å². The summed E-state index contributed by atoms with van der Waals surface area (Å²) in [5.74, 6) is 0.0337. The molecule has 2 aliphatic rings. The van der Waals surface area contributed by atoms with Crippen LogP contribution in [-0.4, -0.2) is 22.4 Å². The van der Waals surface area contributed by atoms with E-state index >= 15 is 0 Å². The van der Waals surface area contributed by atoms with Crippen LogP contribution < -0.4 is 0 Å². The van der Waals surface area contributed by atoms with E-state index in [0.29, 0.717) is 12.8 Å². The van der Waals surface area contributed by atoms with E-state index in [2.05, 4.69) is 37.3 Å². The van der Waals surface area contributed by atoms with Crippen LogP contribution in [0.15, 0.2) is 36.4 Å². The number of rotatable bonds is 10. The predicted molar refractivity (Wildman–Crippen MR) is 124 cm³/mol. The predicted octanol–water partition coefficient (Wildman–Crippen LogP) is 6.30. The minimum Gasteiger partial charge on any atom is -0.392 e. The molecule has 0 radical (unpaired) electrons. The van der Waals surface area contributed by atoms with Gasteiger partial charge in [0.25, 0.3) is 0 Å². The van der Waals surface area contributed by atoms with Crippen LogP contribution in [0.5, 0.6) is 0 Å². The number of hydrogen-bond acceptors (Lipinski definition) is 4. The second-order valence-electron chi connectivity index (χ2n) is 9.05. The van der Waals surface area contributed by atoms with Crippen LogP contribution in [-0.2, 0) is 6.42 Å². The molecule has 5 heteroatoms. The van der Waals surface area contributed by atoms with Gasteiger partial charge in [-0.3, -0.25) is 0 Å². The van der Waals surface area contributed by atoms with E-state index in [1.54, 1.807) is 11.3 Å². The van der Waals surface area contributed by atoms with Gasteiger partial charge < -0.3 is 10.2 Å². The van der Waals surface area contributed by atoms with Crippen LogP contribution in [0.1, 0.15) is 63.2 Å². The number of hydrogen-bond donors (Lipinski definition) is 2. The number of aliphatic hydroxyl groups excluding tert-OH is 2. The van der Waals surface area contributed by atoms with Gasteiger partial charge >= 0.3 is 0 Å². The van der Waals surface area contributed by atoms with Crippen molar-refractivity contribution in [2.45, 2.75) is 76.9 Å². The van der Waals surface area contributed by atoms with Crippen molar-refractivity contribution in [3.05, 3.63) is 45.7 Å². The maximum absolute atomic E-state index is 11.0. The van der Waals surface area contributed by atoms with Gasteiger partial charge in [-0.05, 0) is 63.0 Å². The summed E-state index contributed by atoms with van der Waals surface area (Å²) in [7, 11) is 0.